The molecule has 2 heterocycles. The lowest BCUT2D eigenvalue weighted by atomic mass is 9.96. The van der Waals surface area contributed by atoms with Crippen molar-refractivity contribution >= 4 is 5.91 Å². The van der Waals surface area contributed by atoms with Gasteiger partial charge in [-0.3, -0.25) is 4.79 Å². The standard InChI is InChI=1S/C18H26N2O2/c1-13-10-19(3)11-14(2)20(13)18(21)16-6-4-5-15(9-16)17-7-8-22-12-17/h4-6,9,13-14,17H,7-8,10-12H2,1-3H3/t13-,14-,17+/m1/s1. The molecular weight excluding hydrogens is 276 g/mol. The van der Waals surface area contributed by atoms with E-state index in [0.717, 1.165) is 38.3 Å². The van der Waals surface area contributed by atoms with Crippen molar-refractivity contribution in [1.29, 1.82) is 0 Å². The lowest BCUT2D eigenvalue weighted by Crippen LogP contribution is -2.57. The fraction of sp³-hybridized carbons (Fsp3) is 0.611. The average Bonchev–Trinajstić information content (AvgIpc) is 3.00. The van der Waals surface area contributed by atoms with Gasteiger partial charge in [-0.25, -0.2) is 0 Å². The minimum absolute atomic E-state index is 0.161. The van der Waals surface area contributed by atoms with Crippen LogP contribution in [0.15, 0.2) is 24.3 Å². The Bertz CT molecular complexity index is 528. The van der Waals surface area contributed by atoms with Gasteiger partial charge in [0.05, 0.1) is 6.61 Å². The summed E-state index contributed by atoms with van der Waals surface area (Å²) in [4.78, 5) is 17.3. The fourth-order valence-electron chi connectivity index (χ4n) is 3.86. The van der Waals surface area contributed by atoms with E-state index in [1.165, 1.54) is 5.56 Å². The summed E-state index contributed by atoms with van der Waals surface area (Å²) in [6, 6.07) is 8.64. The number of piperazine rings is 1. The molecule has 2 saturated heterocycles. The van der Waals surface area contributed by atoms with Crippen LogP contribution in [0.4, 0.5) is 0 Å². The van der Waals surface area contributed by atoms with Gasteiger partial charge in [0.1, 0.15) is 0 Å². The van der Waals surface area contributed by atoms with E-state index in [4.69, 9.17) is 4.74 Å². The molecule has 22 heavy (non-hydrogen) atoms. The number of hydrogen-bond donors (Lipinski definition) is 0. The van der Waals surface area contributed by atoms with Gasteiger partial charge in [-0.1, -0.05) is 12.1 Å². The highest BCUT2D eigenvalue weighted by molar-refractivity contribution is 5.95. The minimum Gasteiger partial charge on any atom is -0.381 e. The maximum atomic E-state index is 13.0. The summed E-state index contributed by atoms with van der Waals surface area (Å²) in [6.07, 6.45) is 1.05. The Morgan fingerprint density at radius 1 is 1.23 bits per heavy atom. The highest BCUT2D eigenvalue weighted by Gasteiger charge is 2.32. The molecular formula is C18H26N2O2. The number of ether oxygens (including phenoxy) is 1. The quantitative estimate of drug-likeness (QED) is 0.841. The molecule has 1 aromatic carbocycles. The molecule has 4 heteroatoms. The van der Waals surface area contributed by atoms with Crippen molar-refractivity contribution in [2.75, 3.05) is 33.4 Å². The third-order valence-corrected chi connectivity index (χ3v) is 4.87. The van der Waals surface area contributed by atoms with Gasteiger partial charge >= 0.3 is 0 Å². The van der Waals surface area contributed by atoms with Crippen molar-refractivity contribution in [2.45, 2.75) is 38.3 Å². The fourth-order valence-corrected chi connectivity index (χ4v) is 3.86. The van der Waals surface area contributed by atoms with Crippen molar-refractivity contribution in [3.63, 3.8) is 0 Å². The highest BCUT2D eigenvalue weighted by atomic mass is 16.5. The minimum atomic E-state index is 0.161. The van der Waals surface area contributed by atoms with Crippen LogP contribution >= 0.6 is 0 Å². The number of nitrogens with zero attached hydrogens (tertiary/aromatic N) is 2. The lowest BCUT2D eigenvalue weighted by Gasteiger charge is -2.43. The van der Waals surface area contributed by atoms with Crippen LogP contribution in [0.3, 0.4) is 0 Å². The van der Waals surface area contributed by atoms with Crippen LogP contribution in [0.1, 0.15) is 42.1 Å². The van der Waals surface area contributed by atoms with E-state index in [2.05, 4.69) is 37.9 Å². The summed E-state index contributed by atoms with van der Waals surface area (Å²) >= 11 is 0. The van der Waals surface area contributed by atoms with Gasteiger partial charge < -0.3 is 14.5 Å². The van der Waals surface area contributed by atoms with E-state index in [1.807, 2.05) is 17.0 Å². The first-order valence-electron chi connectivity index (χ1n) is 8.25. The van der Waals surface area contributed by atoms with E-state index >= 15 is 0 Å². The van der Waals surface area contributed by atoms with Gasteiger partial charge in [-0.2, -0.15) is 0 Å². The maximum absolute atomic E-state index is 13.0. The van der Waals surface area contributed by atoms with Crippen molar-refractivity contribution in [3.05, 3.63) is 35.4 Å². The Labute approximate surface area is 133 Å². The Kier molecular flexibility index (Phi) is 4.50. The smallest absolute Gasteiger partial charge is 0.254 e. The molecule has 0 radical (unpaired) electrons. The van der Waals surface area contributed by atoms with Crippen LogP contribution in [-0.2, 0) is 4.74 Å². The molecule has 0 N–H and O–H groups in total. The van der Waals surface area contributed by atoms with E-state index < -0.39 is 0 Å². The van der Waals surface area contributed by atoms with Crippen LogP contribution in [0.2, 0.25) is 0 Å². The van der Waals surface area contributed by atoms with Gasteiger partial charge in [0.25, 0.3) is 5.91 Å². The molecule has 4 nitrogen and oxygen atoms in total. The monoisotopic (exact) mass is 302 g/mol. The normalized spacial score (nSPS) is 29.8. The van der Waals surface area contributed by atoms with Crippen molar-refractivity contribution in [2.24, 2.45) is 0 Å². The highest BCUT2D eigenvalue weighted by Crippen LogP contribution is 2.27. The SMILES string of the molecule is C[C@@H]1CN(C)C[C@@H](C)N1C(=O)c1cccc([C@H]2CCOC2)c1. The van der Waals surface area contributed by atoms with E-state index in [0.29, 0.717) is 5.92 Å². The molecule has 2 aliphatic heterocycles. The van der Waals surface area contributed by atoms with Crippen molar-refractivity contribution in [1.82, 2.24) is 9.80 Å². The molecule has 0 unspecified atom stereocenters. The lowest BCUT2D eigenvalue weighted by molar-refractivity contribution is 0.0350. The molecule has 3 atom stereocenters. The number of hydrogen-bond acceptors (Lipinski definition) is 3. The number of carbonyl (C=O) groups excluding carboxylic acids is 1. The van der Waals surface area contributed by atoms with Gasteiger partial charge in [-0.15, -0.1) is 0 Å². The molecule has 120 valence electrons. The van der Waals surface area contributed by atoms with Crippen LogP contribution in [0.5, 0.6) is 0 Å². The molecule has 1 amide bonds. The van der Waals surface area contributed by atoms with E-state index in [1.54, 1.807) is 0 Å². The predicted molar refractivity (Wildman–Crippen MR) is 87.2 cm³/mol. The summed E-state index contributed by atoms with van der Waals surface area (Å²) in [6.45, 7) is 7.75. The molecule has 2 aliphatic rings. The second-order valence-corrected chi connectivity index (χ2v) is 6.82. The first-order chi connectivity index (χ1) is 10.6. The molecule has 0 saturated carbocycles. The first-order valence-corrected chi connectivity index (χ1v) is 8.25. The van der Waals surface area contributed by atoms with Gasteiger partial charge in [-0.05, 0) is 45.0 Å². The molecule has 2 fully saturated rings. The summed E-state index contributed by atoms with van der Waals surface area (Å²) in [5, 5.41) is 0. The zero-order chi connectivity index (χ0) is 15.7. The second kappa shape index (κ2) is 6.39. The molecule has 1 aromatic rings. The maximum Gasteiger partial charge on any atom is 0.254 e. The third kappa shape index (κ3) is 3.03. The number of rotatable bonds is 2. The average molecular weight is 302 g/mol. The summed E-state index contributed by atoms with van der Waals surface area (Å²) < 4.78 is 5.47. The van der Waals surface area contributed by atoms with Gasteiger partial charge in [0.15, 0.2) is 0 Å². The van der Waals surface area contributed by atoms with Crippen LogP contribution in [-0.4, -0.2) is 61.1 Å². The zero-order valence-corrected chi connectivity index (χ0v) is 13.8. The third-order valence-electron chi connectivity index (χ3n) is 4.87. The Balaban J connectivity index is 1.81. The van der Waals surface area contributed by atoms with Crippen molar-refractivity contribution < 1.29 is 9.53 Å². The predicted octanol–water partition coefficient (Wildman–Crippen LogP) is 2.36. The molecule has 0 aromatic heterocycles. The van der Waals surface area contributed by atoms with Gasteiger partial charge in [0.2, 0.25) is 0 Å². The summed E-state index contributed by atoms with van der Waals surface area (Å²) in [5.74, 6) is 0.601. The van der Waals surface area contributed by atoms with E-state index in [-0.39, 0.29) is 18.0 Å². The number of amides is 1. The van der Waals surface area contributed by atoms with E-state index in [9.17, 15) is 4.79 Å². The number of carbonyl (C=O) groups is 1. The largest absolute Gasteiger partial charge is 0.381 e. The van der Waals surface area contributed by atoms with Crippen molar-refractivity contribution in [3.8, 4) is 0 Å². The van der Waals surface area contributed by atoms with Crippen LogP contribution in [0, 0.1) is 0 Å². The molecule has 3 rings (SSSR count). The van der Waals surface area contributed by atoms with Gasteiger partial charge in [0, 0.05) is 43.3 Å². The van der Waals surface area contributed by atoms with Crippen LogP contribution < -0.4 is 0 Å². The number of benzene rings is 1. The van der Waals surface area contributed by atoms with Crippen LogP contribution in [0.25, 0.3) is 0 Å². The first kappa shape index (κ1) is 15.5. The summed E-state index contributed by atoms with van der Waals surface area (Å²) in [7, 11) is 2.12. The molecule has 0 spiro atoms. The second-order valence-electron chi connectivity index (χ2n) is 6.82. The summed E-state index contributed by atoms with van der Waals surface area (Å²) in [5.41, 5.74) is 2.05. The zero-order valence-electron chi connectivity index (χ0n) is 13.8. The Morgan fingerprint density at radius 2 is 1.95 bits per heavy atom. The molecule has 0 aliphatic carbocycles. The molecule has 0 bridgehead atoms. The Hall–Kier alpha value is -1.39. The Morgan fingerprint density at radius 3 is 2.59 bits per heavy atom. The number of likely N-dealkylation sites (N-methyl/N-ethyl adjacent to an activating group) is 1. The topological polar surface area (TPSA) is 32.8 Å².